The molecule has 0 aliphatic carbocycles. The Balaban J connectivity index is 2.63. The molecule has 110 valence electrons. The third kappa shape index (κ3) is 5.79. The molecule has 0 aliphatic heterocycles. The summed E-state index contributed by atoms with van der Waals surface area (Å²) in [7, 11) is -3.61. The first kappa shape index (κ1) is 16.1. The number of rotatable bonds is 7. The Morgan fingerprint density at radius 2 is 2.10 bits per heavy atom. The number of carbonyl (C=O) groups excluding carboxylic acids is 1. The minimum absolute atomic E-state index is 0.204. The lowest BCUT2D eigenvalue weighted by molar-refractivity contribution is -0.140. The number of nitrogens with zero attached hydrogens (tertiary/aromatic N) is 1. The van der Waals surface area contributed by atoms with Crippen LogP contribution in [0.3, 0.4) is 0 Å². The first-order valence-electron chi connectivity index (χ1n) is 5.90. The summed E-state index contributed by atoms with van der Waals surface area (Å²) in [6.45, 7) is 1.14. The molecule has 0 bridgehead atoms. The summed E-state index contributed by atoms with van der Waals surface area (Å²) >= 11 is 0. The summed E-state index contributed by atoms with van der Waals surface area (Å²) < 4.78 is 23.7. The molecule has 0 fully saturated rings. The van der Waals surface area contributed by atoms with E-state index < -0.39 is 33.5 Å². The Hall–Kier alpha value is -1.96. The molecule has 1 heterocycles. The molecule has 1 rings (SSSR count). The predicted octanol–water partition coefficient (Wildman–Crippen LogP) is -0.372. The Kier molecular flexibility index (Phi) is 5.63. The molecule has 8 heteroatoms. The number of aryl methyl sites for hydroxylation is 1. The molecule has 20 heavy (non-hydrogen) atoms. The number of carbonyl (C=O) groups is 2. The first-order valence-corrected chi connectivity index (χ1v) is 7.72. The number of aliphatic carboxylic acids is 1. The van der Waals surface area contributed by atoms with E-state index in [1.54, 1.807) is 24.4 Å². The number of pyridine rings is 1. The monoisotopic (exact) mass is 300 g/mol. The van der Waals surface area contributed by atoms with Crippen LogP contribution >= 0.6 is 0 Å². The molecule has 1 atom stereocenters. The van der Waals surface area contributed by atoms with Gasteiger partial charge in [0.15, 0.2) is 9.84 Å². The van der Waals surface area contributed by atoms with Crippen molar-refractivity contribution in [3.63, 3.8) is 0 Å². The summed E-state index contributed by atoms with van der Waals surface area (Å²) in [5.74, 6) is -2.80. The van der Waals surface area contributed by atoms with Crippen molar-refractivity contribution in [1.82, 2.24) is 10.3 Å². The fourth-order valence-electron chi connectivity index (χ4n) is 1.56. The molecular formula is C12H16N2O5S. The van der Waals surface area contributed by atoms with Crippen LogP contribution in [0, 0.1) is 0 Å². The molecular weight excluding hydrogens is 284 g/mol. The SMILES string of the molecule is CC(=O)NC(CS(=O)(=O)CCc1ccccn1)C(=O)O. The van der Waals surface area contributed by atoms with Gasteiger partial charge in [-0.25, -0.2) is 13.2 Å². The van der Waals surface area contributed by atoms with Gasteiger partial charge in [-0.2, -0.15) is 0 Å². The van der Waals surface area contributed by atoms with Crippen LogP contribution in [0.25, 0.3) is 0 Å². The second-order valence-electron chi connectivity index (χ2n) is 4.28. The van der Waals surface area contributed by atoms with Gasteiger partial charge < -0.3 is 10.4 Å². The molecule has 0 radical (unpaired) electrons. The zero-order valence-electron chi connectivity index (χ0n) is 10.9. The maximum atomic E-state index is 11.9. The molecule has 1 unspecified atom stereocenters. The number of hydrogen-bond donors (Lipinski definition) is 2. The van der Waals surface area contributed by atoms with Gasteiger partial charge in [-0.3, -0.25) is 9.78 Å². The van der Waals surface area contributed by atoms with Gasteiger partial charge >= 0.3 is 5.97 Å². The van der Waals surface area contributed by atoms with Gasteiger partial charge in [-0.1, -0.05) is 6.07 Å². The highest BCUT2D eigenvalue weighted by Gasteiger charge is 2.25. The van der Waals surface area contributed by atoms with Crippen molar-refractivity contribution >= 4 is 21.7 Å². The highest BCUT2D eigenvalue weighted by molar-refractivity contribution is 7.91. The van der Waals surface area contributed by atoms with Crippen LogP contribution in [0.5, 0.6) is 0 Å². The normalized spacial score (nSPS) is 12.7. The van der Waals surface area contributed by atoms with Gasteiger partial charge in [0, 0.05) is 25.2 Å². The molecule has 7 nitrogen and oxygen atoms in total. The molecule has 0 aromatic carbocycles. The van der Waals surface area contributed by atoms with Crippen LogP contribution in [0.2, 0.25) is 0 Å². The van der Waals surface area contributed by atoms with Crippen molar-refractivity contribution in [2.75, 3.05) is 11.5 Å². The van der Waals surface area contributed by atoms with E-state index in [1.165, 1.54) is 0 Å². The Labute approximate surface area is 116 Å². The highest BCUT2D eigenvalue weighted by atomic mass is 32.2. The zero-order valence-corrected chi connectivity index (χ0v) is 11.8. The minimum atomic E-state index is -3.61. The van der Waals surface area contributed by atoms with Crippen molar-refractivity contribution in [1.29, 1.82) is 0 Å². The zero-order chi connectivity index (χ0) is 15.2. The van der Waals surface area contributed by atoms with Crippen molar-refractivity contribution < 1.29 is 23.1 Å². The topological polar surface area (TPSA) is 113 Å². The summed E-state index contributed by atoms with van der Waals surface area (Å²) in [5, 5.41) is 11.0. The van der Waals surface area contributed by atoms with Gasteiger partial charge in [0.2, 0.25) is 5.91 Å². The molecule has 0 saturated heterocycles. The third-order valence-corrected chi connectivity index (χ3v) is 4.16. The maximum Gasteiger partial charge on any atom is 0.327 e. The lowest BCUT2D eigenvalue weighted by Crippen LogP contribution is -2.45. The number of nitrogens with one attached hydrogen (secondary N) is 1. The smallest absolute Gasteiger partial charge is 0.327 e. The Bertz CT molecular complexity index is 571. The van der Waals surface area contributed by atoms with Crippen molar-refractivity contribution in [3.05, 3.63) is 30.1 Å². The van der Waals surface area contributed by atoms with E-state index in [2.05, 4.69) is 10.3 Å². The highest BCUT2D eigenvalue weighted by Crippen LogP contribution is 2.02. The number of hydrogen-bond acceptors (Lipinski definition) is 5. The number of amides is 1. The van der Waals surface area contributed by atoms with E-state index in [4.69, 9.17) is 5.11 Å². The standard InChI is InChI=1S/C12H16N2O5S/c1-9(15)14-11(12(16)17)8-20(18,19)7-5-10-4-2-3-6-13-10/h2-4,6,11H,5,7-8H2,1H3,(H,14,15)(H,16,17). The minimum Gasteiger partial charge on any atom is -0.480 e. The average Bonchev–Trinajstić information content (AvgIpc) is 2.36. The van der Waals surface area contributed by atoms with E-state index in [9.17, 15) is 18.0 Å². The van der Waals surface area contributed by atoms with E-state index in [-0.39, 0.29) is 12.2 Å². The molecule has 0 saturated carbocycles. The van der Waals surface area contributed by atoms with E-state index in [1.807, 2.05) is 0 Å². The molecule has 0 spiro atoms. The fraction of sp³-hybridized carbons (Fsp3) is 0.417. The molecule has 2 N–H and O–H groups in total. The average molecular weight is 300 g/mol. The van der Waals surface area contributed by atoms with Crippen LogP contribution in [-0.2, 0) is 25.8 Å². The summed E-state index contributed by atoms with van der Waals surface area (Å²) in [5.41, 5.74) is 0.613. The quantitative estimate of drug-likeness (QED) is 0.710. The second kappa shape index (κ2) is 6.99. The summed E-state index contributed by atoms with van der Waals surface area (Å²) in [6, 6.07) is 3.72. The van der Waals surface area contributed by atoms with E-state index in [0.29, 0.717) is 5.69 Å². The summed E-state index contributed by atoms with van der Waals surface area (Å²) in [4.78, 5) is 25.7. The molecule has 1 aromatic rings. The summed E-state index contributed by atoms with van der Waals surface area (Å²) in [6.07, 6.45) is 1.76. The Morgan fingerprint density at radius 1 is 1.40 bits per heavy atom. The van der Waals surface area contributed by atoms with Crippen molar-refractivity contribution in [2.45, 2.75) is 19.4 Å². The third-order valence-electron chi connectivity index (χ3n) is 2.49. The van der Waals surface area contributed by atoms with E-state index >= 15 is 0 Å². The number of sulfone groups is 1. The van der Waals surface area contributed by atoms with Crippen LogP contribution < -0.4 is 5.32 Å². The van der Waals surface area contributed by atoms with Crippen molar-refractivity contribution in [3.8, 4) is 0 Å². The second-order valence-corrected chi connectivity index (χ2v) is 6.51. The van der Waals surface area contributed by atoms with Crippen LogP contribution in [0.15, 0.2) is 24.4 Å². The van der Waals surface area contributed by atoms with Gasteiger partial charge in [0.1, 0.15) is 6.04 Å². The fourth-order valence-corrected chi connectivity index (χ4v) is 2.98. The van der Waals surface area contributed by atoms with Crippen molar-refractivity contribution in [2.24, 2.45) is 0 Å². The van der Waals surface area contributed by atoms with Crippen LogP contribution in [0.4, 0.5) is 0 Å². The largest absolute Gasteiger partial charge is 0.480 e. The number of aromatic nitrogens is 1. The number of carboxylic acids is 1. The number of carboxylic acid groups (broad SMARTS) is 1. The predicted molar refractivity (Wildman–Crippen MR) is 71.8 cm³/mol. The Morgan fingerprint density at radius 3 is 2.60 bits per heavy atom. The van der Waals surface area contributed by atoms with E-state index in [0.717, 1.165) is 6.92 Å². The molecule has 0 aliphatic rings. The lowest BCUT2D eigenvalue weighted by Gasteiger charge is -2.13. The molecule has 1 amide bonds. The van der Waals surface area contributed by atoms with Crippen LogP contribution in [-0.4, -0.2) is 47.9 Å². The van der Waals surface area contributed by atoms with Crippen LogP contribution in [0.1, 0.15) is 12.6 Å². The lowest BCUT2D eigenvalue weighted by atomic mass is 10.3. The van der Waals surface area contributed by atoms with Gasteiger partial charge in [0.25, 0.3) is 0 Å². The first-order chi connectivity index (χ1) is 9.30. The van der Waals surface area contributed by atoms with Gasteiger partial charge in [-0.15, -0.1) is 0 Å². The van der Waals surface area contributed by atoms with Gasteiger partial charge in [-0.05, 0) is 12.1 Å². The maximum absolute atomic E-state index is 11.9. The van der Waals surface area contributed by atoms with Gasteiger partial charge in [0.05, 0.1) is 11.5 Å². The molecule has 1 aromatic heterocycles.